The van der Waals surface area contributed by atoms with Gasteiger partial charge in [0, 0.05) is 6.20 Å². The molecular formula is C12H15BN2O3. The van der Waals surface area contributed by atoms with Crippen molar-refractivity contribution < 1.29 is 14.8 Å². The number of rotatable bonds is 4. The van der Waals surface area contributed by atoms with Crippen LogP contribution in [-0.4, -0.2) is 34.1 Å². The number of benzene rings is 1. The van der Waals surface area contributed by atoms with Gasteiger partial charge in [0.25, 0.3) is 0 Å². The Balaban J connectivity index is 2.34. The first-order valence-corrected chi connectivity index (χ1v) is 5.63. The molecule has 0 amide bonds. The van der Waals surface area contributed by atoms with E-state index >= 15 is 0 Å². The molecule has 1 heterocycles. The average molecular weight is 246 g/mol. The minimum absolute atomic E-state index is 0.462. The maximum absolute atomic E-state index is 9.34. The Morgan fingerprint density at radius 2 is 2.11 bits per heavy atom. The zero-order chi connectivity index (χ0) is 13.1. The molecule has 0 aliphatic rings. The van der Waals surface area contributed by atoms with Crippen molar-refractivity contribution in [1.82, 2.24) is 9.78 Å². The summed E-state index contributed by atoms with van der Waals surface area (Å²) in [6, 6.07) is 7.03. The SMILES string of the molecule is COc1ccc(B(O)O)c(Cn2ccc(C)n2)c1. The quantitative estimate of drug-likeness (QED) is 0.741. The van der Waals surface area contributed by atoms with Gasteiger partial charge in [0.1, 0.15) is 5.75 Å². The second kappa shape index (κ2) is 5.24. The highest BCUT2D eigenvalue weighted by atomic mass is 16.5. The van der Waals surface area contributed by atoms with Crippen LogP contribution in [0.25, 0.3) is 0 Å². The summed E-state index contributed by atoms with van der Waals surface area (Å²) in [6.07, 6.45) is 1.85. The smallest absolute Gasteiger partial charge is 0.488 e. The molecule has 0 radical (unpaired) electrons. The average Bonchev–Trinajstić information content (AvgIpc) is 2.74. The summed E-state index contributed by atoms with van der Waals surface area (Å²) in [6.45, 7) is 2.38. The fourth-order valence-corrected chi connectivity index (χ4v) is 1.82. The van der Waals surface area contributed by atoms with Crippen molar-refractivity contribution in [3.63, 3.8) is 0 Å². The van der Waals surface area contributed by atoms with Gasteiger partial charge in [-0.15, -0.1) is 0 Å². The molecule has 2 N–H and O–H groups in total. The highest BCUT2D eigenvalue weighted by molar-refractivity contribution is 6.59. The lowest BCUT2D eigenvalue weighted by Gasteiger charge is -2.11. The van der Waals surface area contributed by atoms with Gasteiger partial charge in [0.05, 0.1) is 19.3 Å². The monoisotopic (exact) mass is 246 g/mol. The van der Waals surface area contributed by atoms with Crippen molar-refractivity contribution in [2.24, 2.45) is 0 Å². The standard InChI is InChI=1S/C12H15BN2O3/c1-9-5-6-15(14-9)8-10-7-11(18-2)3-4-12(10)13(16)17/h3-7,16-17H,8H2,1-2H3. The summed E-state index contributed by atoms with van der Waals surface area (Å²) in [5, 5.41) is 22.9. The summed E-state index contributed by atoms with van der Waals surface area (Å²) in [5.41, 5.74) is 2.15. The van der Waals surface area contributed by atoms with Crippen molar-refractivity contribution in [3.8, 4) is 5.75 Å². The molecule has 1 aromatic carbocycles. The summed E-state index contributed by atoms with van der Waals surface area (Å²) in [5.74, 6) is 0.679. The predicted octanol–water partition coefficient (Wildman–Crippen LogP) is -0.0718. The zero-order valence-corrected chi connectivity index (χ0v) is 10.4. The molecule has 1 aromatic heterocycles. The fourth-order valence-electron chi connectivity index (χ4n) is 1.82. The van der Waals surface area contributed by atoms with E-state index in [0.29, 0.717) is 17.8 Å². The molecule has 18 heavy (non-hydrogen) atoms. The van der Waals surface area contributed by atoms with Gasteiger partial charge in [-0.05, 0) is 36.1 Å². The summed E-state index contributed by atoms with van der Waals surface area (Å²) in [7, 11) is 0.0780. The van der Waals surface area contributed by atoms with E-state index in [9.17, 15) is 10.0 Å². The Kier molecular flexibility index (Phi) is 3.69. The molecule has 5 nitrogen and oxygen atoms in total. The van der Waals surface area contributed by atoms with Crippen LogP contribution in [-0.2, 0) is 6.54 Å². The van der Waals surface area contributed by atoms with Crippen molar-refractivity contribution in [1.29, 1.82) is 0 Å². The molecule has 0 bridgehead atoms. The normalized spacial score (nSPS) is 10.4. The molecule has 0 spiro atoms. The van der Waals surface area contributed by atoms with Crippen LogP contribution in [0.5, 0.6) is 5.75 Å². The lowest BCUT2D eigenvalue weighted by atomic mass is 9.77. The molecular weight excluding hydrogens is 231 g/mol. The predicted molar refractivity (Wildman–Crippen MR) is 68.9 cm³/mol. The fraction of sp³-hybridized carbons (Fsp3) is 0.250. The molecule has 6 heteroatoms. The van der Waals surface area contributed by atoms with Gasteiger partial charge in [0.15, 0.2) is 0 Å². The van der Waals surface area contributed by atoms with Gasteiger partial charge >= 0.3 is 7.12 Å². The van der Waals surface area contributed by atoms with Crippen molar-refractivity contribution in [3.05, 3.63) is 41.7 Å². The Morgan fingerprint density at radius 1 is 1.33 bits per heavy atom. The highest BCUT2D eigenvalue weighted by Crippen LogP contribution is 2.12. The number of aryl methyl sites for hydroxylation is 1. The summed E-state index contributed by atoms with van der Waals surface area (Å²) < 4.78 is 6.89. The first-order chi connectivity index (χ1) is 8.60. The van der Waals surface area contributed by atoms with E-state index in [2.05, 4.69) is 5.10 Å². The number of ether oxygens (including phenoxy) is 1. The summed E-state index contributed by atoms with van der Waals surface area (Å²) >= 11 is 0. The van der Waals surface area contributed by atoms with Gasteiger partial charge in [-0.2, -0.15) is 5.10 Å². The molecule has 94 valence electrons. The van der Waals surface area contributed by atoms with Crippen molar-refractivity contribution >= 4 is 12.6 Å². The molecule has 0 fully saturated rings. The Morgan fingerprint density at radius 3 is 2.67 bits per heavy atom. The van der Waals surface area contributed by atoms with Gasteiger partial charge < -0.3 is 14.8 Å². The minimum Gasteiger partial charge on any atom is -0.497 e. The molecule has 0 saturated carbocycles. The topological polar surface area (TPSA) is 67.5 Å². The van der Waals surface area contributed by atoms with E-state index in [1.165, 1.54) is 0 Å². The number of methoxy groups -OCH3 is 1. The second-order valence-corrected chi connectivity index (χ2v) is 4.09. The minimum atomic E-state index is -1.50. The van der Waals surface area contributed by atoms with Gasteiger partial charge in [-0.25, -0.2) is 0 Å². The third kappa shape index (κ3) is 2.72. The maximum Gasteiger partial charge on any atom is 0.488 e. The lowest BCUT2D eigenvalue weighted by Crippen LogP contribution is -2.33. The van der Waals surface area contributed by atoms with Crippen LogP contribution >= 0.6 is 0 Å². The second-order valence-electron chi connectivity index (χ2n) is 4.09. The van der Waals surface area contributed by atoms with E-state index in [1.54, 1.807) is 30.0 Å². The first-order valence-electron chi connectivity index (χ1n) is 5.63. The van der Waals surface area contributed by atoms with Crippen LogP contribution < -0.4 is 10.2 Å². The molecule has 2 aromatic rings. The van der Waals surface area contributed by atoms with Crippen LogP contribution in [0.3, 0.4) is 0 Å². The Bertz CT molecular complexity index is 540. The van der Waals surface area contributed by atoms with Crippen LogP contribution in [0.4, 0.5) is 0 Å². The Hall–Kier alpha value is -1.79. The highest BCUT2D eigenvalue weighted by Gasteiger charge is 2.17. The first kappa shape index (κ1) is 12.7. The zero-order valence-electron chi connectivity index (χ0n) is 10.4. The molecule has 0 aliphatic carbocycles. The van der Waals surface area contributed by atoms with E-state index in [0.717, 1.165) is 11.3 Å². The van der Waals surface area contributed by atoms with E-state index < -0.39 is 7.12 Å². The third-order valence-corrected chi connectivity index (χ3v) is 2.73. The lowest BCUT2D eigenvalue weighted by molar-refractivity contribution is 0.413. The van der Waals surface area contributed by atoms with E-state index in [4.69, 9.17) is 4.74 Å². The Labute approximate surface area is 106 Å². The van der Waals surface area contributed by atoms with Crippen molar-refractivity contribution in [2.75, 3.05) is 7.11 Å². The van der Waals surface area contributed by atoms with Crippen LogP contribution in [0.15, 0.2) is 30.5 Å². The van der Waals surface area contributed by atoms with E-state index in [1.807, 2.05) is 19.2 Å². The molecule has 0 unspecified atom stereocenters. The van der Waals surface area contributed by atoms with Gasteiger partial charge in [0.2, 0.25) is 0 Å². The van der Waals surface area contributed by atoms with Gasteiger partial charge in [-0.1, -0.05) is 6.07 Å². The van der Waals surface area contributed by atoms with E-state index in [-0.39, 0.29) is 0 Å². The van der Waals surface area contributed by atoms with Crippen LogP contribution in [0, 0.1) is 6.92 Å². The molecule has 0 atom stereocenters. The van der Waals surface area contributed by atoms with Crippen LogP contribution in [0.1, 0.15) is 11.3 Å². The third-order valence-electron chi connectivity index (χ3n) is 2.73. The maximum atomic E-state index is 9.34. The molecule has 0 saturated heterocycles. The number of hydrogen-bond acceptors (Lipinski definition) is 4. The number of hydrogen-bond donors (Lipinski definition) is 2. The number of nitrogens with zero attached hydrogens (tertiary/aromatic N) is 2. The summed E-state index contributed by atoms with van der Waals surface area (Å²) in [4.78, 5) is 0. The molecule has 0 aliphatic heterocycles. The van der Waals surface area contributed by atoms with Crippen LogP contribution in [0.2, 0.25) is 0 Å². The van der Waals surface area contributed by atoms with Gasteiger partial charge in [-0.3, -0.25) is 4.68 Å². The van der Waals surface area contributed by atoms with Crippen molar-refractivity contribution in [2.45, 2.75) is 13.5 Å². The molecule has 2 rings (SSSR count). The largest absolute Gasteiger partial charge is 0.497 e. The number of aromatic nitrogens is 2.